The van der Waals surface area contributed by atoms with Crippen LogP contribution < -0.4 is 10.5 Å². The van der Waals surface area contributed by atoms with Gasteiger partial charge in [0.2, 0.25) is 0 Å². The van der Waals surface area contributed by atoms with Gasteiger partial charge in [0.1, 0.15) is 5.82 Å². The van der Waals surface area contributed by atoms with Crippen molar-refractivity contribution in [3.8, 4) is 0 Å². The topological polar surface area (TPSA) is 72.2 Å². The van der Waals surface area contributed by atoms with Crippen molar-refractivity contribution in [2.75, 3.05) is 10.5 Å². The number of para-hydroxylation sites is 1. The maximum atomic E-state index is 13.1. The molecular formula is C13H12ClFN2O2S. The number of hydrogen-bond acceptors (Lipinski definition) is 3. The lowest BCUT2D eigenvalue weighted by atomic mass is 10.2. The molecule has 2 aromatic carbocycles. The van der Waals surface area contributed by atoms with Crippen LogP contribution in [0.15, 0.2) is 41.3 Å². The van der Waals surface area contributed by atoms with E-state index in [1.165, 1.54) is 0 Å². The largest absolute Gasteiger partial charge is 0.396 e. The minimum atomic E-state index is -3.88. The molecule has 0 unspecified atom stereocenters. The molecular weight excluding hydrogens is 303 g/mol. The molecule has 0 fully saturated rings. The summed E-state index contributed by atoms with van der Waals surface area (Å²) in [4.78, 5) is -0.129. The summed E-state index contributed by atoms with van der Waals surface area (Å²) in [5.41, 5.74) is 6.11. The second-order valence-electron chi connectivity index (χ2n) is 4.22. The van der Waals surface area contributed by atoms with Crippen LogP contribution in [0.4, 0.5) is 15.8 Å². The number of nitrogens with two attached hydrogens (primary N) is 1. The summed E-state index contributed by atoms with van der Waals surface area (Å²) in [5, 5.41) is 0.281. The number of rotatable bonds is 3. The third-order valence-electron chi connectivity index (χ3n) is 2.74. The number of nitrogen functional groups attached to an aromatic ring is 1. The lowest BCUT2D eigenvalue weighted by molar-refractivity contribution is 0.600. The third-order valence-corrected chi connectivity index (χ3v) is 4.40. The van der Waals surface area contributed by atoms with Gasteiger partial charge < -0.3 is 5.73 Å². The Morgan fingerprint density at radius 1 is 1.25 bits per heavy atom. The molecule has 0 heterocycles. The van der Waals surface area contributed by atoms with Gasteiger partial charge in [-0.3, -0.25) is 4.72 Å². The van der Waals surface area contributed by atoms with Crippen molar-refractivity contribution >= 4 is 33.0 Å². The highest BCUT2D eigenvalue weighted by Crippen LogP contribution is 2.28. The van der Waals surface area contributed by atoms with E-state index in [2.05, 4.69) is 4.72 Å². The predicted octanol–water partition coefficient (Wildman–Crippen LogP) is 3.17. The lowest BCUT2D eigenvalue weighted by Crippen LogP contribution is -2.14. The Balaban J connectivity index is 2.43. The van der Waals surface area contributed by atoms with Crippen molar-refractivity contribution in [3.63, 3.8) is 0 Å². The molecule has 2 aromatic rings. The van der Waals surface area contributed by atoms with Crippen LogP contribution in [0.1, 0.15) is 5.56 Å². The normalized spacial score (nSPS) is 11.3. The Kier molecular flexibility index (Phi) is 3.87. The van der Waals surface area contributed by atoms with Crippen LogP contribution in [-0.2, 0) is 10.0 Å². The van der Waals surface area contributed by atoms with Crippen LogP contribution in [-0.4, -0.2) is 8.42 Å². The van der Waals surface area contributed by atoms with Gasteiger partial charge in [-0.1, -0.05) is 23.7 Å². The standard InChI is InChI=1S/C13H12ClFN2O2S/c1-8-3-2-4-10(14)13(8)17-20(18,19)9-5-6-11(15)12(16)7-9/h2-7,17H,16H2,1H3. The van der Waals surface area contributed by atoms with E-state index < -0.39 is 15.8 Å². The summed E-state index contributed by atoms with van der Waals surface area (Å²) in [6.07, 6.45) is 0. The van der Waals surface area contributed by atoms with Gasteiger partial charge in [0, 0.05) is 0 Å². The summed E-state index contributed by atoms with van der Waals surface area (Å²) in [7, 11) is -3.88. The molecule has 2 rings (SSSR count). The molecule has 0 aliphatic carbocycles. The highest BCUT2D eigenvalue weighted by molar-refractivity contribution is 7.92. The van der Waals surface area contributed by atoms with E-state index in [1.54, 1.807) is 25.1 Å². The maximum Gasteiger partial charge on any atom is 0.262 e. The van der Waals surface area contributed by atoms with Crippen LogP contribution in [0.2, 0.25) is 5.02 Å². The Bertz CT molecular complexity index is 743. The zero-order chi connectivity index (χ0) is 14.9. The highest BCUT2D eigenvalue weighted by Gasteiger charge is 2.18. The second kappa shape index (κ2) is 5.30. The average Bonchev–Trinajstić information content (AvgIpc) is 2.37. The monoisotopic (exact) mass is 314 g/mol. The van der Waals surface area contributed by atoms with E-state index in [9.17, 15) is 12.8 Å². The van der Waals surface area contributed by atoms with Crippen LogP contribution in [0.3, 0.4) is 0 Å². The lowest BCUT2D eigenvalue weighted by Gasteiger charge is -2.12. The second-order valence-corrected chi connectivity index (χ2v) is 6.31. The number of benzene rings is 2. The van der Waals surface area contributed by atoms with E-state index in [0.717, 1.165) is 18.2 Å². The van der Waals surface area contributed by atoms with Gasteiger partial charge in [0.05, 0.1) is 21.3 Å². The van der Waals surface area contributed by atoms with Crippen molar-refractivity contribution < 1.29 is 12.8 Å². The van der Waals surface area contributed by atoms with E-state index in [0.29, 0.717) is 5.56 Å². The molecule has 0 spiro atoms. The first kappa shape index (κ1) is 14.6. The summed E-state index contributed by atoms with van der Waals surface area (Å²) in [6, 6.07) is 8.22. The average molecular weight is 315 g/mol. The van der Waals surface area contributed by atoms with Crippen molar-refractivity contribution in [1.82, 2.24) is 0 Å². The quantitative estimate of drug-likeness (QED) is 0.855. The third kappa shape index (κ3) is 2.86. The zero-order valence-corrected chi connectivity index (χ0v) is 12.1. The summed E-state index contributed by atoms with van der Waals surface area (Å²) >= 11 is 5.97. The number of hydrogen-bond donors (Lipinski definition) is 2. The van der Waals surface area contributed by atoms with Crippen molar-refractivity contribution in [2.24, 2.45) is 0 Å². The van der Waals surface area contributed by atoms with Crippen LogP contribution in [0.25, 0.3) is 0 Å². The maximum absolute atomic E-state index is 13.1. The van der Waals surface area contributed by atoms with E-state index >= 15 is 0 Å². The van der Waals surface area contributed by atoms with E-state index in [-0.39, 0.29) is 21.3 Å². The number of aryl methyl sites for hydroxylation is 1. The molecule has 0 amide bonds. The zero-order valence-electron chi connectivity index (χ0n) is 10.5. The molecule has 20 heavy (non-hydrogen) atoms. The van der Waals surface area contributed by atoms with Crippen LogP contribution in [0, 0.1) is 12.7 Å². The minimum absolute atomic E-state index is 0.129. The first-order chi connectivity index (χ1) is 9.31. The smallest absolute Gasteiger partial charge is 0.262 e. The SMILES string of the molecule is Cc1cccc(Cl)c1NS(=O)(=O)c1ccc(F)c(N)c1. The molecule has 7 heteroatoms. The van der Waals surface area contributed by atoms with Gasteiger partial charge in [0.15, 0.2) is 0 Å². The fourth-order valence-electron chi connectivity index (χ4n) is 1.64. The number of halogens is 2. The number of sulfonamides is 1. The van der Waals surface area contributed by atoms with Gasteiger partial charge in [0.25, 0.3) is 10.0 Å². The van der Waals surface area contributed by atoms with E-state index in [4.69, 9.17) is 17.3 Å². The molecule has 4 nitrogen and oxygen atoms in total. The first-order valence-electron chi connectivity index (χ1n) is 5.64. The van der Waals surface area contributed by atoms with Gasteiger partial charge in [-0.15, -0.1) is 0 Å². The Morgan fingerprint density at radius 3 is 2.55 bits per heavy atom. The molecule has 0 saturated heterocycles. The Hall–Kier alpha value is -1.79. The molecule has 3 N–H and O–H groups in total. The van der Waals surface area contributed by atoms with Crippen molar-refractivity contribution in [1.29, 1.82) is 0 Å². The minimum Gasteiger partial charge on any atom is -0.396 e. The van der Waals surface area contributed by atoms with Crippen molar-refractivity contribution in [2.45, 2.75) is 11.8 Å². The van der Waals surface area contributed by atoms with Gasteiger partial charge in [-0.2, -0.15) is 0 Å². The fraction of sp³-hybridized carbons (Fsp3) is 0.0769. The summed E-state index contributed by atoms with van der Waals surface area (Å²) < 4.78 is 39.9. The van der Waals surface area contributed by atoms with Crippen LogP contribution >= 0.6 is 11.6 Å². The molecule has 0 aromatic heterocycles. The van der Waals surface area contributed by atoms with Gasteiger partial charge in [-0.05, 0) is 36.8 Å². The number of nitrogens with one attached hydrogen (secondary N) is 1. The fourth-order valence-corrected chi connectivity index (χ4v) is 3.16. The molecule has 0 bridgehead atoms. The molecule has 0 aliphatic rings. The van der Waals surface area contributed by atoms with Gasteiger partial charge >= 0.3 is 0 Å². The Morgan fingerprint density at radius 2 is 1.95 bits per heavy atom. The van der Waals surface area contributed by atoms with Gasteiger partial charge in [-0.25, -0.2) is 12.8 Å². The molecule has 0 saturated carbocycles. The van der Waals surface area contributed by atoms with Crippen LogP contribution in [0.5, 0.6) is 0 Å². The van der Waals surface area contributed by atoms with E-state index in [1.807, 2.05) is 0 Å². The summed E-state index contributed by atoms with van der Waals surface area (Å²) in [5.74, 6) is -0.669. The van der Waals surface area contributed by atoms with Crippen molar-refractivity contribution in [3.05, 3.63) is 52.8 Å². The highest BCUT2D eigenvalue weighted by atomic mass is 35.5. The number of anilines is 2. The summed E-state index contributed by atoms with van der Waals surface area (Å²) in [6.45, 7) is 1.72. The molecule has 0 aliphatic heterocycles. The molecule has 0 radical (unpaired) electrons. The molecule has 106 valence electrons. The first-order valence-corrected chi connectivity index (χ1v) is 7.50. The predicted molar refractivity (Wildman–Crippen MR) is 77.8 cm³/mol. The Labute approximate surface area is 121 Å². The molecule has 0 atom stereocenters.